The molecule has 1 fully saturated rings. The standard InChI is InChI=1S/C11H15ClN2/c1-9-3-5-14(7-9)8-10-2-4-13-11(12)6-10/h2,4,6,9H,3,5,7-8H2,1H3. The van der Waals surface area contributed by atoms with Gasteiger partial charge in [-0.1, -0.05) is 18.5 Å². The van der Waals surface area contributed by atoms with Gasteiger partial charge in [0.05, 0.1) is 0 Å². The van der Waals surface area contributed by atoms with E-state index in [4.69, 9.17) is 11.6 Å². The van der Waals surface area contributed by atoms with Gasteiger partial charge in [0.1, 0.15) is 5.15 Å². The Morgan fingerprint density at radius 2 is 2.50 bits per heavy atom. The highest BCUT2D eigenvalue weighted by molar-refractivity contribution is 6.29. The van der Waals surface area contributed by atoms with Crippen LogP contribution in [-0.4, -0.2) is 23.0 Å². The van der Waals surface area contributed by atoms with Gasteiger partial charge in [0.15, 0.2) is 0 Å². The lowest BCUT2D eigenvalue weighted by Crippen LogP contribution is -2.19. The molecule has 0 aromatic carbocycles. The van der Waals surface area contributed by atoms with E-state index in [0.29, 0.717) is 5.15 Å². The maximum absolute atomic E-state index is 5.83. The molecule has 1 saturated heterocycles. The summed E-state index contributed by atoms with van der Waals surface area (Å²) in [5.74, 6) is 0.840. The van der Waals surface area contributed by atoms with Gasteiger partial charge in [0.2, 0.25) is 0 Å². The van der Waals surface area contributed by atoms with Crippen molar-refractivity contribution in [3.63, 3.8) is 0 Å². The minimum atomic E-state index is 0.592. The van der Waals surface area contributed by atoms with E-state index in [-0.39, 0.29) is 0 Å². The number of nitrogens with zero attached hydrogens (tertiary/aromatic N) is 2. The molecule has 1 aromatic heterocycles. The highest BCUT2D eigenvalue weighted by atomic mass is 35.5. The molecule has 0 amide bonds. The lowest BCUT2D eigenvalue weighted by atomic mass is 10.2. The van der Waals surface area contributed by atoms with Crippen molar-refractivity contribution < 1.29 is 0 Å². The minimum Gasteiger partial charge on any atom is -0.299 e. The lowest BCUT2D eigenvalue weighted by Gasteiger charge is -2.14. The third-order valence-electron chi connectivity index (χ3n) is 2.71. The van der Waals surface area contributed by atoms with Crippen molar-refractivity contribution in [2.45, 2.75) is 19.9 Å². The summed E-state index contributed by atoms with van der Waals surface area (Å²) in [5, 5.41) is 0.592. The summed E-state index contributed by atoms with van der Waals surface area (Å²) in [7, 11) is 0. The number of rotatable bonds is 2. The van der Waals surface area contributed by atoms with E-state index < -0.39 is 0 Å². The molecule has 0 N–H and O–H groups in total. The maximum atomic E-state index is 5.83. The van der Waals surface area contributed by atoms with Crippen molar-refractivity contribution in [2.75, 3.05) is 13.1 Å². The van der Waals surface area contributed by atoms with Crippen molar-refractivity contribution >= 4 is 11.6 Å². The number of likely N-dealkylation sites (tertiary alicyclic amines) is 1. The summed E-state index contributed by atoms with van der Waals surface area (Å²) in [6.45, 7) is 5.73. The van der Waals surface area contributed by atoms with Crippen LogP contribution in [0.3, 0.4) is 0 Å². The molecule has 2 nitrogen and oxygen atoms in total. The second-order valence-corrected chi connectivity index (χ2v) is 4.50. The molecule has 3 heteroatoms. The maximum Gasteiger partial charge on any atom is 0.129 e. The largest absolute Gasteiger partial charge is 0.299 e. The average molecular weight is 211 g/mol. The van der Waals surface area contributed by atoms with E-state index >= 15 is 0 Å². The fourth-order valence-corrected chi connectivity index (χ4v) is 2.17. The average Bonchev–Trinajstić information content (AvgIpc) is 2.51. The van der Waals surface area contributed by atoms with Crippen molar-refractivity contribution in [3.8, 4) is 0 Å². The first kappa shape index (κ1) is 9.94. The van der Waals surface area contributed by atoms with E-state index in [9.17, 15) is 0 Å². The van der Waals surface area contributed by atoms with Crippen LogP contribution in [0.5, 0.6) is 0 Å². The molecule has 0 bridgehead atoms. The van der Waals surface area contributed by atoms with Crippen LogP contribution in [0.25, 0.3) is 0 Å². The second-order valence-electron chi connectivity index (χ2n) is 4.12. The van der Waals surface area contributed by atoms with Gasteiger partial charge in [0.25, 0.3) is 0 Å². The van der Waals surface area contributed by atoms with Crippen LogP contribution >= 0.6 is 11.6 Å². The third kappa shape index (κ3) is 2.46. The molecule has 1 atom stereocenters. The van der Waals surface area contributed by atoms with Crippen molar-refractivity contribution in [2.24, 2.45) is 5.92 Å². The summed E-state index contributed by atoms with van der Waals surface area (Å²) in [4.78, 5) is 6.44. The summed E-state index contributed by atoms with van der Waals surface area (Å²) < 4.78 is 0. The van der Waals surface area contributed by atoms with E-state index in [1.54, 1.807) is 6.20 Å². The molecule has 0 spiro atoms. The number of hydrogen-bond acceptors (Lipinski definition) is 2. The Labute approximate surface area is 89.9 Å². The molecule has 0 aliphatic carbocycles. The Hall–Kier alpha value is -0.600. The molecule has 1 aliphatic heterocycles. The normalized spacial score (nSPS) is 22.9. The molecule has 2 heterocycles. The van der Waals surface area contributed by atoms with E-state index in [2.05, 4.69) is 16.8 Å². The Balaban J connectivity index is 1.97. The SMILES string of the molecule is CC1CCN(Cc2ccnc(Cl)c2)C1. The van der Waals surface area contributed by atoms with Gasteiger partial charge >= 0.3 is 0 Å². The Kier molecular flexibility index (Phi) is 3.04. The van der Waals surface area contributed by atoms with Crippen molar-refractivity contribution in [1.82, 2.24) is 9.88 Å². The Bertz CT molecular complexity index is 314. The quantitative estimate of drug-likeness (QED) is 0.698. The molecule has 76 valence electrons. The molecule has 1 aliphatic rings. The van der Waals surface area contributed by atoms with Gasteiger partial charge in [-0.25, -0.2) is 4.98 Å². The first-order valence-corrected chi connectivity index (χ1v) is 5.44. The van der Waals surface area contributed by atoms with Gasteiger partial charge in [-0.2, -0.15) is 0 Å². The van der Waals surface area contributed by atoms with Crippen LogP contribution in [-0.2, 0) is 6.54 Å². The van der Waals surface area contributed by atoms with Crippen LogP contribution in [0.4, 0.5) is 0 Å². The first-order valence-electron chi connectivity index (χ1n) is 5.07. The molecule has 1 unspecified atom stereocenters. The number of halogens is 1. The number of hydrogen-bond donors (Lipinski definition) is 0. The van der Waals surface area contributed by atoms with Crippen LogP contribution in [0, 0.1) is 5.92 Å². The Morgan fingerprint density at radius 1 is 1.64 bits per heavy atom. The minimum absolute atomic E-state index is 0.592. The predicted molar refractivity (Wildman–Crippen MR) is 58.3 cm³/mol. The zero-order chi connectivity index (χ0) is 9.97. The summed E-state index contributed by atoms with van der Waals surface area (Å²) in [6.07, 6.45) is 3.09. The lowest BCUT2D eigenvalue weighted by molar-refractivity contribution is 0.320. The molecule has 2 rings (SSSR count). The predicted octanol–water partition coefficient (Wildman–Crippen LogP) is 2.58. The summed E-state index contributed by atoms with van der Waals surface area (Å²) in [5.41, 5.74) is 1.26. The zero-order valence-electron chi connectivity index (χ0n) is 8.41. The third-order valence-corrected chi connectivity index (χ3v) is 2.91. The van der Waals surface area contributed by atoms with Gasteiger partial charge < -0.3 is 0 Å². The Morgan fingerprint density at radius 3 is 3.14 bits per heavy atom. The first-order chi connectivity index (χ1) is 6.74. The van der Waals surface area contributed by atoms with Crippen molar-refractivity contribution in [1.29, 1.82) is 0 Å². The van der Waals surface area contributed by atoms with Gasteiger partial charge in [-0.3, -0.25) is 4.90 Å². The number of aromatic nitrogens is 1. The van der Waals surface area contributed by atoms with E-state index in [0.717, 1.165) is 12.5 Å². The second kappa shape index (κ2) is 4.28. The van der Waals surface area contributed by atoms with Crippen LogP contribution < -0.4 is 0 Å². The highest BCUT2D eigenvalue weighted by Gasteiger charge is 2.18. The topological polar surface area (TPSA) is 16.1 Å². The monoisotopic (exact) mass is 210 g/mol. The summed E-state index contributed by atoms with van der Waals surface area (Å²) >= 11 is 5.83. The van der Waals surface area contributed by atoms with Crippen LogP contribution in [0.1, 0.15) is 18.9 Å². The molecular formula is C11H15ClN2. The molecule has 14 heavy (non-hydrogen) atoms. The zero-order valence-corrected chi connectivity index (χ0v) is 9.17. The highest BCUT2D eigenvalue weighted by Crippen LogP contribution is 2.18. The fraction of sp³-hybridized carbons (Fsp3) is 0.545. The molecule has 1 aromatic rings. The van der Waals surface area contributed by atoms with Gasteiger partial charge in [-0.15, -0.1) is 0 Å². The van der Waals surface area contributed by atoms with E-state index in [1.807, 2.05) is 12.1 Å². The smallest absolute Gasteiger partial charge is 0.129 e. The van der Waals surface area contributed by atoms with Gasteiger partial charge in [-0.05, 0) is 36.6 Å². The van der Waals surface area contributed by atoms with E-state index in [1.165, 1.54) is 25.1 Å². The molecular weight excluding hydrogens is 196 g/mol. The molecule has 0 saturated carbocycles. The number of pyridine rings is 1. The van der Waals surface area contributed by atoms with Crippen LogP contribution in [0.15, 0.2) is 18.3 Å². The van der Waals surface area contributed by atoms with Gasteiger partial charge in [0, 0.05) is 19.3 Å². The molecule has 0 radical (unpaired) electrons. The van der Waals surface area contributed by atoms with Crippen LogP contribution in [0.2, 0.25) is 5.15 Å². The van der Waals surface area contributed by atoms with Crippen molar-refractivity contribution in [3.05, 3.63) is 29.0 Å². The fourth-order valence-electron chi connectivity index (χ4n) is 1.97. The summed E-state index contributed by atoms with van der Waals surface area (Å²) in [6, 6.07) is 3.99.